The summed E-state index contributed by atoms with van der Waals surface area (Å²) in [4.78, 5) is 2.56. The van der Waals surface area contributed by atoms with Crippen molar-refractivity contribution in [3.8, 4) is 0 Å². The maximum absolute atomic E-state index is 4.17. The van der Waals surface area contributed by atoms with Crippen molar-refractivity contribution in [3.05, 3.63) is 12.2 Å². The maximum atomic E-state index is 4.17. The lowest BCUT2D eigenvalue weighted by Crippen LogP contribution is -2.32. The molecule has 1 saturated heterocycles. The van der Waals surface area contributed by atoms with Crippen molar-refractivity contribution in [2.45, 2.75) is 46.1 Å². The van der Waals surface area contributed by atoms with E-state index in [1.54, 1.807) is 0 Å². The summed E-state index contributed by atoms with van der Waals surface area (Å²) in [7, 11) is 0. The first-order valence-corrected chi connectivity index (χ1v) is 6.70. The molecule has 1 N–H and O–H groups in total. The Kier molecular flexibility index (Phi) is 6.07. The Bertz CT molecular complexity index is 211. The third-order valence-electron chi connectivity index (χ3n) is 3.32. The molecule has 0 aromatic rings. The van der Waals surface area contributed by atoms with Crippen LogP contribution in [0.25, 0.3) is 0 Å². The number of nitrogens with zero attached hydrogens (tertiary/aromatic N) is 1. The Labute approximate surface area is 101 Å². The fourth-order valence-corrected chi connectivity index (χ4v) is 2.20. The van der Waals surface area contributed by atoms with Crippen LogP contribution in [-0.2, 0) is 0 Å². The molecule has 2 nitrogen and oxygen atoms in total. The summed E-state index contributed by atoms with van der Waals surface area (Å²) in [5.74, 6) is 0.909. The predicted molar refractivity (Wildman–Crippen MR) is 71.7 cm³/mol. The normalized spacial score (nSPS) is 23.4. The third-order valence-corrected chi connectivity index (χ3v) is 3.32. The van der Waals surface area contributed by atoms with Crippen LogP contribution >= 0.6 is 0 Å². The fourth-order valence-electron chi connectivity index (χ4n) is 2.20. The van der Waals surface area contributed by atoms with Gasteiger partial charge in [0.1, 0.15) is 0 Å². The van der Waals surface area contributed by atoms with Crippen LogP contribution in [0.1, 0.15) is 40.0 Å². The van der Waals surface area contributed by atoms with Crippen molar-refractivity contribution in [2.24, 2.45) is 5.92 Å². The molecule has 0 amide bonds. The number of hydrogen-bond donors (Lipinski definition) is 1. The van der Waals surface area contributed by atoms with Gasteiger partial charge in [0.2, 0.25) is 0 Å². The lowest BCUT2D eigenvalue weighted by molar-refractivity contribution is 0.302. The van der Waals surface area contributed by atoms with Crippen LogP contribution in [-0.4, -0.2) is 37.1 Å². The molecule has 1 fully saturated rings. The summed E-state index contributed by atoms with van der Waals surface area (Å²) >= 11 is 0. The monoisotopic (exact) mass is 224 g/mol. The van der Waals surface area contributed by atoms with Crippen molar-refractivity contribution < 1.29 is 0 Å². The van der Waals surface area contributed by atoms with Crippen molar-refractivity contribution >= 4 is 0 Å². The Morgan fingerprint density at radius 1 is 1.38 bits per heavy atom. The Hall–Kier alpha value is -0.340. The lowest BCUT2D eigenvalue weighted by atomic mass is 10.0. The summed E-state index contributed by atoms with van der Waals surface area (Å²) in [6.07, 6.45) is 4.10. The van der Waals surface area contributed by atoms with Gasteiger partial charge < -0.3 is 5.32 Å². The van der Waals surface area contributed by atoms with E-state index in [2.05, 4.69) is 37.6 Å². The van der Waals surface area contributed by atoms with Gasteiger partial charge in [0.05, 0.1) is 0 Å². The van der Waals surface area contributed by atoms with E-state index in [1.165, 1.54) is 37.9 Å². The van der Waals surface area contributed by atoms with E-state index >= 15 is 0 Å². The highest BCUT2D eigenvalue weighted by atomic mass is 15.1. The minimum atomic E-state index is 0.556. The van der Waals surface area contributed by atoms with Gasteiger partial charge in [-0.05, 0) is 43.8 Å². The molecule has 1 heterocycles. The van der Waals surface area contributed by atoms with Crippen LogP contribution < -0.4 is 5.32 Å². The van der Waals surface area contributed by atoms with Gasteiger partial charge in [0.25, 0.3) is 0 Å². The minimum absolute atomic E-state index is 0.556. The van der Waals surface area contributed by atoms with Crippen LogP contribution in [0, 0.1) is 5.92 Å². The zero-order chi connectivity index (χ0) is 12.0. The van der Waals surface area contributed by atoms with E-state index in [-0.39, 0.29) is 0 Å². The number of hydrogen-bond acceptors (Lipinski definition) is 2. The highest BCUT2D eigenvalue weighted by molar-refractivity contribution is 5.00. The summed E-state index contributed by atoms with van der Waals surface area (Å²) in [6.45, 7) is 15.4. The lowest BCUT2D eigenvalue weighted by Gasteiger charge is -2.22. The molecule has 1 aliphatic heterocycles. The minimum Gasteiger partial charge on any atom is -0.311 e. The molecule has 0 spiro atoms. The largest absolute Gasteiger partial charge is 0.311 e. The van der Waals surface area contributed by atoms with Crippen LogP contribution in [0.2, 0.25) is 0 Å². The first-order valence-electron chi connectivity index (χ1n) is 6.70. The molecule has 1 rings (SSSR count). The Balaban J connectivity index is 2.22. The van der Waals surface area contributed by atoms with E-state index in [4.69, 9.17) is 0 Å². The standard InChI is InChI=1S/C14H28N2/c1-12(2)15-10-14(4)11-16-8-5-6-13(3)7-9-16/h12-13,15H,4-11H2,1-3H3. The van der Waals surface area contributed by atoms with E-state index in [0.717, 1.165) is 19.0 Å². The summed E-state index contributed by atoms with van der Waals surface area (Å²) in [5, 5.41) is 3.43. The molecule has 94 valence electrons. The molecule has 2 heteroatoms. The average Bonchev–Trinajstić information content (AvgIpc) is 2.41. The van der Waals surface area contributed by atoms with Gasteiger partial charge in [0, 0.05) is 19.1 Å². The fraction of sp³-hybridized carbons (Fsp3) is 0.857. The summed E-state index contributed by atoms with van der Waals surface area (Å²) in [5.41, 5.74) is 1.32. The predicted octanol–water partition coefficient (Wildman–Crippen LogP) is 2.66. The number of likely N-dealkylation sites (tertiary alicyclic amines) is 1. The summed E-state index contributed by atoms with van der Waals surface area (Å²) in [6, 6.07) is 0.556. The van der Waals surface area contributed by atoms with Crippen molar-refractivity contribution in [1.82, 2.24) is 10.2 Å². The number of nitrogens with one attached hydrogen (secondary N) is 1. The van der Waals surface area contributed by atoms with E-state index in [0.29, 0.717) is 6.04 Å². The third kappa shape index (κ3) is 5.66. The molecule has 0 bridgehead atoms. The second-order valence-electron chi connectivity index (χ2n) is 5.60. The Morgan fingerprint density at radius 3 is 2.81 bits per heavy atom. The second-order valence-corrected chi connectivity index (χ2v) is 5.60. The van der Waals surface area contributed by atoms with Gasteiger partial charge in [-0.2, -0.15) is 0 Å². The van der Waals surface area contributed by atoms with Gasteiger partial charge >= 0.3 is 0 Å². The van der Waals surface area contributed by atoms with Gasteiger partial charge in [-0.1, -0.05) is 27.4 Å². The molecule has 0 aromatic heterocycles. The summed E-state index contributed by atoms with van der Waals surface area (Å²) < 4.78 is 0. The van der Waals surface area contributed by atoms with Crippen LogP contribution in [0.3, 0.4) is 0 Å². The van der Waals surface area contributed by atoms with Crippen molar-refractivity contribution in [1.29, 1.82) is 0 Å². The molecule has 16 heavy (non-hydrogen) atoms. The molecule has 0 saturated carbocycles. The van der Waals surface area contributed by atoms with Gasteiger partial charge in [-0.15, -0.1) is 0 Å². The van der Waals surface area contributed by atoms with Gasteiger partial charge in [-0.3, -0.25) is 4.90 Å². The first-order chi connectivity index (χ1) is 7.58. The van der Waals surface area contributed by atoms with Gasteiger partial charge in [-0.25, -0.2) is 0 Å². The second kappa shape index (κ2) is 7.08. The molecule has 0 radical (unpaired) electrons. The van der Waals surface area contributed by atoms with Crippen LogP contribution in [0.4, 0.5) is 0 Å². The molecule has 1 atom stereocenters. The van der Waals surface area contributed by atoms with Gasteiger partial charge in [0.15, 0.2) is 0 Å². The molecule has 0 aromatic carbocycles. The van der Waals surface area contributed by atoms with Crippen LogP contribution in [0.15, 0.2) is 12.2 Å². The average molecular weight is 224 g/mol. The highest BCUT2D eigenvalue weighted by Crippen LogP contribution is 2.16. The molecular formula is C14H28N2. The van der Waals surface area contributed by atoms with Crippen molar-refractivity contribution in [2.75, 3.05) is 26.2 Å². The van der Waals surface area contributed by atoms with E-state index in [1.807, 2.05) is 0 Å². The molecule has 1 unspecified atom stereocenters. The van der Waals surface area contributed by atoms with Crippen molar-refractivity contribution in [3.63, 3.8) is 0 Å². The molecule has 0 aliphatic carbocycles. The number of rotatable bonds is 5. The van der Waals surface area contributed by atoms with E-state index < -0.39 is 0 Å². The van der Waals surface area contributed by atoms with Crippen LogP contribution in [0.5, 0.6) is 0 Å². The molecule has 1 aliphatic rings. The highest BCUT2D eigenvalue weighted by Gasteiger charge is 2.13. The SMILES string of the molecule is C=C(CNC(C)C)CN1CCCC(C)CC1. The quantitative estimate of drug-likeness (QED) is 0.722. The van der Waals surface area contributed by atoms with E-state index in [9.17, 15) is 0 Å². The zero-order valence-corrected chi connectivity index (χ0v) is 11.3. The maximum Gasteiger partial charge on any atom is 0.0202 e. The first kappa shape index (κ1) is 13.7. The Morgan fingerprint density at radius 2 is 2.12 bits per heavy atom. The molecular weight excluding hydrogens is 196 g/mol. The smallest absolute Gasteiger partial charge is 0.0202 e. The topological polar surface area (TPSA) is 15.3 Å². The zero-order valence-electron chi connectivity index (χ0n) is 11.3.